The maximum atomic E-state index is 11.9. The lowest BCUT2D eigenvalue weighted by atomic mass is 10.1. The second kappa shape index (κ2) is 8.01. The van der Waals surface area contributed by atoms with Gasteiger partial charge in [-0.15, -0.1) is 0 Å². The van der Waals surface area contributed by atoms with E-state index in [-0.39, 0.29) is 22.6 Å². The van der Waals surface area contributed by atoms with Gasteiger partial charge in [-0.05, 0) is 48.5 Å². The Hall–Kier alpha value is -3.56. The largest absolute Gasteiger partial charge is 0.494 e. The van der Waals surface area contributed by atoms with Crippen LogP contribution < -0.4 is 10.9 Å². The molecule has 0 aliphatic heterocycles. The third-order valence-electron chi connectivity index (χ3n) is 3.55. The van der Waals surface area contributed by atoms with E-state index in [9.17, 15) is 14.7 Å². The normalized spacial score (nSPS) is 10.3. The van der Waals surface area contributed by atoms with Gasteiger partial charge in [-0.3, -0.25) is 9.36 Å². The average molecular weight is 367 g/mol. The molecule has 0 bridgehead atoms. The van der Waals surface area contributed by atoms with Gasteiger partial charge in [0.05, 0.1) is 5.56 Å². The Labute approximate surface area is 153 Å². The summed E-state index contributed by atoms with van der Waals surface area (Å²) in [5.41, 5.74) is 0.0767. The molecule has 0 fully saturated rings. The molecule has 0 aliphatic rings. The fraction of sp³-hybridized carbons (Fsp3) is 0.118. The van der Waals surface area contributed by atoms with E-state index in [0.29, 0.717) is 5.69 Å². The molecular weight excluding hydrogens is 354 g/mol. The fourth-order valence-corrected chi connectivity index (χ4v) is 2.51. The highest BCUT2D eigenvalue weighted by Gasteiger charge is 2.16. The molecule has 130 valence electrons. The molecule has 2 amide bonds. The van der Waals surface area contributed by atoms with Crippen LogP contribution in [0.5, 0.6) is 5.88 Å². The van der Waals surface area contributed by atoms with Crippen LogP contribution in [0.2, 0.25) is 0 Å². The third kappa shape index (κ3) is 3.91. The molecule has 1 heterocycles. The van der Waals surface area contributed by atoms with Crippen molar-refractivity contribution in [1.29, 1.82) is 10.5 Å². The Balaban J connectivity index is 2.23. The molecule has 2 rings (SSSR count). The molecule has 0 unspecified atom stereocenters. The number of aromatic hydroxyl groups is 1. The number of benzene rings is 1. The summed E-state index contributed by atoms with van der Waals surface area (Å²) in [5.74, 6) is -0.388. The number of hydrogen-bond acceptors (Lipinski definition) is 6. The van der Waals surface area contributed by atoms with Crippen molar-refractivity contribution in [3.05, 3.63) is 51.3 Å². The average Bonchev–Trinajstić information content (AvgIpc) is 2.62. The van der Waals surface area contributed by atoms with E-state index in [0.717, 1.165) is 27.4 Å². The maximum absolute atomic E-state index is 11.9. The minimum absolute atomic E-state index is 0.111. The van der Waals surface area contributed by atoms with Gasteiger partial charge < -0.3 is 10.4 Å². The summed E-state index contributed by atoms with van der Waals surface area (Å²) >= 11 is 1.00. The predicted octanol–water partition coefficient (Wildman–Crippen LogP) is 2.50. The number of nitriles is 2. The van der Waals surface area contributed by atoms with Crippen LogP contribution in [0.15, 0.2) is 38.9 Å². The number of nitrogens with zero attached hydrogens (tertiary/aromatic N) is 4. The first-order valence-electron chi connectivity index (χ1n) is 7.22. The van der Waals surface area contributed by atoms with E-state index in [1.165, 1.54) is 14.0 Å². The number of hydrogen-bond donors (Lipinski definition) is 2. The summed E-state index contributed by atoms with van der Waals surface area (Å²) in [6.45, 7) is 1.49. The van der Waals surface area contributed by atoms with Gasteiger partial charge >= 0.3 is 6.03 Å². The van der Waals surface area contributed by atoms with Gasteiger partial charge in [0.2, 0.25) is 5.88 Å². The molecule has 0 aliphatic carbocycles. The van der Waals surface area contributed by atoms with Crippen LogP contribution >= 0.6 is 11.8 Å². The number of pyridine rings is 1. The van der Waals surface area contributed by atoms with Crippen molar-refractivity contribution in [1.82, 2.24) is 4.57 Å². The topological polar surface area (TPSA) is 131 Å². The summed E-state index contributed by atoms with van der Waals surface area (Å²) in [6, 6.07) is 7.68. The molecule has 9 heteroatoms. The lowest BCUT2D eigenvalue weighted by Gasteiger charge is -2.09. The van der Waals surface area contributed by atoms with E-state index < -0.39 is 11.6 Å². The molecular formula is C17H13N5O3S. The van der Waals surface area contributed by atoms with Gasteiger partial charge in [0.1, 0.15) is 17.0 Å². The lowest BCUT2D eigenvalue weighted by Crippen LogP contribution is -2.22. The first kappa shape index (κ1) is 18.8. The molecule has 0 atom stereocenters. The first-order chi connectivity index (χ1) is 12.4. The highest BCUT2D eigenvalue weighted by atomic mass is 32.2. The van der Waals surface area contributed by atoms with Crippen molar-refractivity contribution in [2.75, 3.05) is 5.32 Å². The van der Waals surface area contributed by atoms with Crippen molar-refractivity contribution >= 4 is 29.7 Å². The number of rotatable bonds is 3. The summed E-state index contributed by atoms with van der Waals surface area (Å²) in [6.07, 6.45) is 1.10. The number of thiocyanates is 1. The summed E-state index contributed by atoms with van der Waals surface area (Å²) in [5, 5.41) is 32.2. The Morgan fingerprint density at radius 1 is 1.35 bits per heavy atom. The molecule has 26 heavy (non-hydrogen) atoms. The van der Waals surface area contributed by atoms with E-state index in [4.69, 9.17) is 10.5 Å². The molecule has 2 aromatic rings. The van der Waals surface area contributed by atoms with Gasteiger partial charge in [-0.1, -0.05) is 0 Å². The first-order valence-corrected chi connectivity index (χ1v) is 8.04. The van der Waals surface area contributed by atoms with Crippen molar-refractivity contribution in [3.63, 3.8) is 0 Å². The Morgan fingerprint density at radius 3 is 2.58 bits per heavy atom. The highest BCUT2D eigenvalue weighted by molar-refractivity contribution is 8.03. The van der Waals surface area contributed by atoms with E-state index in [1.807, 2.05) is 5.40 Å². The van der Waals surface area contributed by atoms with Gasteiger partial charge in [0.15, 0.2) is 0 Å². The maximum Gasteiger partial charge on any atom is 0.345 e. The molecule has 8 nitrogen and oxygen atoms in total. The minimum atomic E-state index is -0.697. The number of nitrogens with one attached hydrogen (secondary N) is 1. The van der Waals surface area contributed by atoms with Crippen LogP contribution in [0.3, 0.4) is 0 Å². The Morgan fingerprint density at radius 2 is 2.00 bits per heavy atom. The quantitative estimate of drug-likeness (QED) is 0.487. The standard InChI is InChI=1S/C17H13N5O3S/c1-10-13(7-18)15(23)22(2)16(24)14(10)8-20-17(25)21-11-3-5-12(6-4-11)26-9-19/h3-6,8,24H,1-2H3,(H,21,25). The van der Waals surface area contributed by atoms with Gasteiger partial charge in [0.25, 0.3) is 5.56 Å². The zero-order valence-electron chi connectivity index (χ0n) is 13.8. The number of aromatic nitrogens is 1. The van der Waals surface area contributed by atoms with Crippen molar-refractivity contribution < 1.29 is 9.90 Å². The highest BCUT2D eigenvalue weighted by Crippen LogP contribution is 2.20. The summed E-state index contributed by atoms with van der Waals surface area (Å²) in [7, 11) is 1.32. The second-order valence-corrected chi connectivity index (χ2v) is 5.98. The Kier molecular flexibility index (Phi) is 5.78. The smallest absolute Gasteiger partial charge is 0.345 e. The predicted molar refractivity (Wildman–Crippen MR) is 97.3 cm³/mol. The van der Waals surface area contributed by atoms with E-state index >= 15 is 0 Å². The fourth-order valence-electron chi connectivity index (χ4n) is 2.13. The molecule has 0 saturated carbocycles. The molecule has 2 N–H and O–H groups in total. The zero-order valence-corrected chi connectivity index (χ0v) is 14.7. The van der Waals surface area contributed by atoms with Crippen LogP contribution in [0.1, 0.15) is 16.7 Å². The summed E-state index contributed by atoms with van der Waals surface area (Å²) in [4.78, 5) is 28.3. The van der Waals surface area contributed by atoms with Crippen LogP contribution in [0.4, 0.5) is 10.5 Å². The number of anilines is 1. The molecule has 1 aromatic heterocycles. The molecule has 1 aromatic carbocycles. The van der Waals surface area contributed by atoms with Crippen LogP contribution in [-0.4, -0.2) is 21.9 Å². The van der Waals surface area contributed by atoms with Crippen molar-refractivity contribution in [2.45, 2.75) is 11.8 Å². The number of carbonyl (C=O) groups is 1. The summed E-state index contributed by atoms with van der Waals surface area (Å²) < 4.78 is 0.913. The van der Waals surface area contributed by atoms with Gasteiger partial charge in [0, 0.05) is 23.8 Å². The number of carbonyl (C=O) groups excluding carboxylic acids is 1. The number of urea groups is 1. The minimum Gasteiger partial charge on any atom is -0.494 e. The SMILES string of the molecule is Cc1c(C=NC(=O)Nc2ccc(SC#N)cc2)c(O)n(C)c(=O)c1C#N. The second-order valence-electron chi connectivity index (χ2n) is 5.12. The van der Waals surface area contributed by atoms with Gasteiger partial charge in [-0.2, -0.15) is 10.5 Å². The number of amides is 2. The van der Waals surface area contributed by atoms with Crippen LogP contribution in [0.25, 0.3) is 0 Å². The zero-order chi connectivity index (χ0) is 19.3. The lowest BCUT2D eigenvalue weighted by molar-refractivity contribution is 0.259. The van der Waals surface area contributed by atoms with Crippen LogP contribution in [0, 0.1) is 28.9 Å². The number of aliphatic imine (C=N–C) groups is 1. The monoisotopic (exact) mass is 367 g/mol. The molecule has 0 radical (unpaired) electrons. The van der Waals surface area contributed by atoms with Gasteiger partial charge in [-0.25, -0.2) is 9.79 Å². The van der Waals surface area contributed by atoms with E-state index in [1.54, 1.807) is 30.3 Å². The van der Waals surface area contributed by atoms with Crippen LogP contribution in [-0.2, 0) is 7.05 Å². The molecule has 0 spiro atoms. The molecule has 0 saturated heterocycles. The third-order valence-corrected chi connectivity index (χ3v) is 4.15. The van der Waals surface area contributed by atoms with E-state index in [2.05, 4.69) is 10.3 Å². The van der Waals surface area contributed by atoms with Crippen molar-refractivity contribution in [2.24, 2.45) is 12.0 Å². The van der Waals surface area contributed by atoms with Crippen molar-refractivity contribution in [3.8, 4) is 17.4 Å². The number of thioether (sulfide) groups is 1. The Bertz CT molecular complexity index is 1030.